The molecule has 0 atom stereocenters. The first-order valence-corrected chi connectivity index (χ1v) is 15.4. The van der Waals surface area contributed by atoms with Gasteiger partial charge in [0.25, 0.3) is 5.91 Å². The van der Waals surface area contributed by atoms with Crippen LogP contribution in [0.2, 0.25) is 0 Å². The molecule has 4 aromatic rings. The van der Waals surface area contributed by atoms with E-state index in [2.05, 4.69) is 5.32 Å². The van der Waals surface area contributed by atoms with E-state index in [9.17, 15) is 9.59 Å². The fraction of sp³-hybridized carbons (Fsp3) is 0.375. The van der Waals surface area contributed by atoms with Crippen LogP contribution in [-0.2, 0) is 4.74 Å². The van der Waals surface area contributed by atoms with E-state index in [4.69, 9.17) is 19.6 Å². The molecule has 1 aliphatic heterocycles. The van der Waals surface area contributed by atoms with Crippen LogP contribution in [0.15, 0.2) is 65.7 Å². The molecule has 0 bridgehead atoms. The van der Waals surface area contributed by atoms with Gasteiger partial charge in [-0.3, -0.25) is 4.79 Å². The molecule has 0 aliphatic carbocycles. The molecule has 1 aliphatic rings. The van der Waals surface area contributed by atoms with Gasteiger partial charge in [-0.05, 0) is 89.3 Å². The Kier molecular flexibility index (Phi) is 8.72. The Labute approximate surface area is 250 Å². The van der Waals surface area contributed by atoms with Gasteiger partial charge in [0, 0.05) is 47.4 Å². The summed E-state index contributed by atoms with van der Waals surface area (Å²) in [7, 11) is 0. The van der Waals surface area contributed by atoms with E-state index < -0.39 is 5.60 Å². The number of amides is 2. The number of aromatic nitrogens is 3. The number of fused-ring (bicyclic) bond motifs is 1. The number of likely N-dealkylation sites (tertiary alicyclic amines) is 1. The van der Waals surface area contributed by atoms with Gasteiger partial charge in [-0.1, -0.05) is 6.07 Å². The number of anilines is 1. The zero-order valence-corrected chi connectivity index (χ0v) is 25.5. The van der Waals surface area contributed by atoms with Crippen molar-refractivity contribution >= 4 is 35.1 Å². The van der Waals surface area contributed by atoms with Crippen LogP contribution in [0.4, 0.5) is 10.5 Å². The van der Waals surface area contributed by atoms with Gasteiger partial charge in [0.15, 0.2) is 5.65 Å². The van der Waals surface area contributed by atoms with Gasteiger partial charge < -0.3 is 19.7 Å². The molecular formula is C32H37N5O4S. The van der Waals surface area contributed by atoms with Gasteiger partial charge >= 0.3 is 6.09 Å². The third kappa shape index (κ3) is 6.87. The summed E-state index contributed by atoms with van der Waals surface area (Å²) in [6.07, 6.45) is 4.80. The predicted octanol–water partition coefficient (Wildman–Crippen LogP) is 6.88. The standard InChI is InChI=1S/C32H37N5O4S/c1-6-40-24-12-10-21(11-13-24)27-19-28-34-29(22-14-16-36(17-15-22)31(39)41-32(2,3)4)26(20-37(28)35-27)30(38)33-23-8-7-9-25(18-23)42-5/h7-13,18-20,22H,6,14-17H2,1-5H3,(H,33,38). The number of carbonyl (C=O) groups is 2. The van der Waals surface area contributed by atoms with Gasteiger partial charge in [0.05, 0.1) is 23.6 Å². The van der Waals surface area contributed by atoms with Crippen molar-refractivity contribution in [2.75, 3.05) is 31.3 Å². The summed E-state index contributed by atoms with van der Waals surface area (Å²) in [5.74, 6) is 0.550. The van der Waals surface area contributed by atoms with Crippen LogP contribution >= 0.6 is 11.8 Å². The number of piperidine rings is 1. The van der Waals surface area contributed by atoms with E-state index in [1.54, 1.807) is 27.4 Å². The molecule has 10 heteroatoms. The third-order valence-corrected chi connectivity index (χ3v) is 7.77. The molecule has 0 saturated carbocycles. The molecular weight excluding hydrogens is 550 g/mol. The van der Waals surface area contributed by atoms with Gasteiger partial charge in [-0.15, -0.1) is 11.8 Å². The monoisotopic (exact) mass is 587 g/mol. The molecule has 1 saturated heterocycles. The fourth-order valence-corrected chi connectivity index (χ4v) is 5.47. The number of thioether (sulfide) groups is 1. The largest absolute Gasteiger partial charge is 0.494 e. The predicted molar refractivity (Wildman–Crippen MR) is 166 cm³/mol. The molecule has 0 unspecified atom stereocenters. The highest BCUT2D eigenvalue weighted by Crippen LogP contribution is 2.32. The molecule has 2 aromatic carbocycles. The normalized spacial score (nSPS) is 14.2. The second-order valence-corrected chi connectivity index (χ2v) is 12.1. The van der Waals surface area contributed by atoms with Crippen molar-refractivity contribution in [3.8, 4) is 17.0 Å². The van der Waals surface area contributed by atoms with Crippen molar-refractivity contribution in [1.29, 1.82) is 0 Å². The summed E-state index contributed by atoms with van der Waals surface area (Å²) in [5, 5.41) is 7.81. The molecule has 220 valence electrons. The molecule has 1 fully saturated rings. The van der Waals surface area contributed by atoms with Crippen LogP contribution in [0.5, 0.6) is 5.75 Å². The van der Waals surface area contributed by atoms with Crippen LogP contribution in [0, 0.1) is 0 Å². The highest BCUT2D eigenvalue weighted by molar-refractivity contribution is 7.98. The second-order valence-electron chi connectivity index (χ2n) is 11.3. The average Bonchev–Trinajstić information content (AvgIpc) is 3.39. The Bertz CT molecular complexity index is 1570. The number of hydrogen-bond acceptors (Lipinski definition) is 7. The quantitative estimate of drug-likeness (QED) is 0.235. The smallest absolute Gasteiger partial charge is 0.410 e. The lowest BCUT2D eigenvalue weighted by atomic mass is 9.90. The number of benzene rings is 2. The van der Waals surface area contributed by atoms with E-state index in [1.807, 2.05) is 88.5 Å². The first kappa shape index (κ1) is 29.4. The Morgan fingerprint density at radius 1 is 1.07 bits per heavy atom. The average molecular weight is 588 g/mol. The first-order chi connectivity index (χ1) is 20.1. The molecule has 9 nitrogen and oxygen atoms in total. The van der Waals surface area contributed by atoms with Gasteiger partial charge in [-0.25, -0.2) is 14.3 Å². The number of nitrogens with zero attached hydrogens (tertiary/aromatic N) is 4. The van der Waals surface area contributed by atoms with Crippen molar-refractivity contribution in [2.45, 2.75) is 57.0 Å². The van der Waals surface area contributed by atoms with Crippen LogP contribution in [0.3, 0.4) is 0 Å². The number of hydrogen-bond donors (Lipinski definition) is 1. The Morgan fingerprint density at radius 2 is 1.81 bits per heavy atom. The third-order valence-electron chi connectivity index (χ3n) is 7.05. The lowest BCUT2D eigenvalue weighted by Gasteiger charge is -2.33. The minimum absolute atomic E-state index is 0.00389. The van der Waals surface area contributed by atoms with E-state index in [1.165, 1.54) is 0 Å². The van der Waals surface area contributed by atoms with Crippen LogP contribution < -0.4 is 10.1 Å². The SMILES string of the molecule is CCOc1ccc(-c2cc3nc(C4CCN(C(=O)OC(C)(C)C)CC4)c(C(=O)Nc4cccc(SC)c4)cn3n2)cc1. The van der Waals surface area contributed by atoms with Crippen LogP contribution in [0.1, 0.15) is 62.5 Å². The number of rotatable bonds is 7. The summed E-state index contributed by atoms with van der Waals surface area (Å²) >= 11 is 1.62. The van der Waals surface area contributed by atoms with E-state index in [-0.39, 0.29) is 17.9 Å². The molecule has 1 N–H and O–H groups in total. The summed E-state index contributed by atoms with van der Waals surface area (Å²) in [4.78, 5) is 34.2. The Morgan fingerprint density at radius 3 is 2.48 bits per heavy atom. The van der Waals surface area contributed by atoms with Crippen molar-refractivity contribution in [3.05, 3.63) is 72.1 Å². The highest BCUT2D eigenvalue weighted by Gasteiger charge is 2.31. The molecule has 3 heterocycles. The maximum Gasteiger partial charge on any atom is 0.410 e. The van der Waals surface area contributed by atoms with Crippen molar-refractivity contribution in [2.24, 2.45) is 0 Å². The van der Waals surface area contributed by atoms with Gasteiger partial charge in [0.2, 0.25) is 0 Å². The molecule has 42 heavy (non-hydrogen) atoms. The Hall–Kier alpha value is -4.05. The summed E-state index contributed by atoms with van der Waals surface area (Å²) in [5.41, 5.74) is 3.68. The lowest BCUT2D eigenvalue weighted by molar-refractivity contribution is 0.0203. The van der Waals surface area contributed by atoms with E-state index in [0.717, 1.165) is 21.9 Å². The summed E-state index contributed by atoms with van der Waals surface area (Å²) < 4.78 is 12.8. The van der Waals surface area contributed by atoms with Gasteiger partial charge in [0.1, 0.15) is 11.4 Å². The minimum Gasteiger partial charge on any atom is -0.494 e. The Balaban J connectivity index is 1.46. The van der Waals surface area contributed by atoms with Crippen molar-refractivity contribution in [1.82, 2.24) is 19.5 Å². The maximum absolute atomic E-state index is 13.7. The van der Waals surface area contributed by atoms with Crippen molar-refractivity contribution in [3.63, 3.8) is 0 Å². The van der Waals surface area contributed by atoms with Crippen LogP contribution in [0.25, 0.3) is 16.9 Å². The number of ether oxygens (including phenoxy) is 2. The lowest BCUT2D eigenvalue weighted by Crippen LogP contribution is -2.41. The molecule has 0 spiro atoms. The molecule has 5 rings (SSSR count). The summed E-state index contributed by atoms with van der Waals surface area (Å²) in [6.45, 7) is 9.20. The molecule has 0 radical (unpaired) electrons. The highest BCUT2D eigenvalue weighted by atomic mass is 32.2. The topological polar surface area (TPSA) is 98.1 Å². The van der Waals surface area contributed by atoms with Crippen molar-refractivity contribution < 1.29 is 19.1 Å². The minimum atomic E-state index is -0.553. The van der Waals surface area contributed by atoms with E-state index >= 15 is 0 Å². The first-order valence-electron chi connectivity index (χ1n) is 14.2. The zero-order chi connectivity index (χ0) is 29.9. The van der Waals surface area contributed by atoms with Gasteiger partial charge in [-0.2, -0.15) is 5.10 Å². The summed E-state index contributed by atoms with van der Waals surface area (Å²) in [6, 6.07) is 17.4. The number of carbonyl (C=O) groups excluding carboxylic acids is 2. The number of nitrogens with one attached hydrogen (secondary N) is 1. The van der Waals surface area contributed by atoms with E-state index in [0.29, 0.717) is 55.1 Å². The maximum atomic E-state index is 13.7. The second kappa shape index (κ2) is 12.4. The molecule has 2 aromatic heterocycles. The van der Waals surface area contributed by atoms with Crippen LogP contribution in [-0.4, -0.2) is 63.1 Å². The molecule has 2 amide bonds. The fourth-order valence-electron chi connectivity index (χ4n) is 5.01. The zero-order valence-electron chi connectivity index (χ0n) is 24.7.